The third kappa shape index (κ3) is 3.75. The van der Waals surface area contributed by atoms with Crippen molar-refractivity contribution in [3.8, 4) is 11.5 Å². The van der Waals surface area contributed by atoms with Gasteiger partial charge >= 0.3 is 0 Å². The first kappa shape index (κ1) is 15.4. The lowest BCUT2D eigenvalue weighted by atomic mass is 10.0. The molecule has 0 saturated heterocycles. The number of hydrogen-bond acceptors (Lipinski definition) is 2. The molecule has 0 spiro atoms. The Bertz CT molecular complexity index is 567. The Kier molecular flexibility index (Phi) is 5.46. The fourth-order valence-corrected chi connectivity index (χ4v) is 2.55. The number of benzene rings is 2. The molecule has 0 aliphatic carbocycles. The summed E-state index contributed by atoms with van der Waals surface area (Å²) in [6, 6.07) is 14.0. The van der Waals surface area contributed by atoms with E-state index in [0.717, 1.165) is 16.6 Å². The molecule has 2 aromatic rings. The average Bonchev–Trinajstić information content (AvgIpc) is 2.46. The average molecular weight is 355 g/mol. The van der Waals surface area contributed by atoms with E-state index in [1.165, 1.54) is 5.56 Å². The molecule has 0 radical (unpaired) electrons. The molecule has 2 nitrogen and oxygen atoms in total. The summed E-state index contributed by atoms with van der Waals surface area (Å²) in [4.78, 5) is 0. The van der Waals surface area contributed by atoms with Crippen molar-refractivity contribution in [3.05, 3.63) is 57.5 Å². The van der Waals surface area contributed by atoms with E-state index in [1.807, 2.05) is 37.4 Å². The van der Waals surface area contributed by atoms with Gasteiger partial charge in [0.05, 0.1) is 5.02 Å². The molecule has 0 fully saturated rings. The van der Waals surface area contributed by atoms with Gasteiger partial charge in [-0.25, -0.2) is 0 Å². The lowest BCUT2D eigenvalue weighted by molar-refractivity contribution is 0.481. The number of rotatable bonds is 5. The number of nitrogens with one attached hydrogen (secondary N) is 1. The van der Waals surface area contributed by atoms with Gasteiger partial charge in [-0.2, -0.15) is 0 Å². The van der Waals surface area contributed by atoms with E-state index >= 15 is 0 Å². The standard InChI is InChI=1S/C16H17BrClNO/c1-3-15(19-2)11-4-7-13(8-5-11)20-16-10-12(17)6-9-14(16)18/h4-10,15,19H,3H2,1-2H3. The minimum atomic E-state index is 0.374. The second kappa shape index (κ2) is 7.11. The molecule has 0 aromatic heterocycles. The highest BCUT2D eigenvalue weighted by molar-refractivity contribution is 9.10. The highest BCUT2D eigenvalue weighted by atomic mass is 79.9. The Balaban J connectivity index is 2.16. The van der Waals surface area contributed by atoms with E-state index in [-0.39, 0.29) is 0 Å². The summed E-state index contributed by atoms with van der Waals surface area (Å²) < 4.78 is 6.75. The Hall–Kier alpha value is -1.03. The van der Waals surface area contributed by atoms with Gasteiger partial charge in [0.15, 0.2) is 0 Å². The number of ether oxygens (including phenoxy) is 1. The van der Waals surface area contributed by atoms with Crippen molar-refractivity contribution < 1.29 is 4.74 Å². The number of hydrogen-bond donors (Lipinski definition) is 1. The molecule has 20 heavy (non-hydrogen) atoms. The highest BCUT2D eigenvalue weighted by Gasteiger charge is 2.08. The lowest BCUT2D eigenvalue weighted by Crippen LogP contribution is -2.14. The highest BCUT2D eigenvalue weighted by Crippen LogP contribution is 2.32. The van der Waals surface area contributed by atoms with Gasteiger partial charge in [0, 0.05) is 10.5 Å². The van der Waals surface area contributed by atoms with Gasteiger partial charge in [0.2, 0.25) is 0 Å². The predicted molar refractivity (Wildman–Crippen MR) is 87.8 cm³/mol. The molecule has 0 bridgehead atoms. The van der Waals surface area contributed by atoms with Crippen LogP contribution in [0.15, 0.2) is 46.9 Å². The van der Waals surface area contributed by atoms with Crippen molar-refractivity contribution in [2.45, 2.75) is 19.4 Å². The number of halogens is 2. The first-order valence-electron chi connectivity index (χ1n) is 6.54. The van der Waals surface area contributed by atoms with Crippen molar-refractivity contribution >= 4 is 27.5 Å². The van der Waals surface area contributed by atoms with Crippen molar-refractivity contribution in [3.63, 3.8) is 0 Å². The van der Waals surface area contributed by atoms with E-state index in [9.17, 15) is 0 Å². The lowest BCUT2D eigenvalue weighted by Gasteiger charge is -2.15. The van der Waals surface area contributed by atoms with Crippen LogP contribution >= 0.6 is 27.5 Å². The van der Waals surface area contributed by atoms with Crippen molar-refractivity contribution in [1.29, 1.82) is 0 Å². The second-order valence-corrected chi connectivity index (χ2v) is 5.82. The van der Waals surface area contributed by atoms with Crippen molar-refractivity contribution in [2.75, 3.05) is 7.05 Å². The molecular formula is C16H17BrClNO. The van der Waals surface area contributed by atoms with Gasteiger partial charge in [0.1, 0.15) is 11.5 Å². The third-order valence-corrected chi connectivity index (χ3v) is 3.97. The van der Waals surface area contributed by atoms with Crippen LogP contribution in [0.4, 0.5) is 0 Å². The molecule has 1 atom stereocenters. The smallest absolute Gasteiger partial charge is 0.147 e. The van der Waals surface area contributed by atoms with Crippen LogP contribution in [-0.2, 0) is 0 Å². The maximum absolute atomic E-state index is 6.12. The summed E-state index contributed by atoms with van der Waals surface area (Å²) in [5.74, 6) is 1.43. The molecule has 0 amide bonds. The summed E-state index contributed by atoms with van der Waals surface area (Å²) in [5, 5.41) is 3.88. The zero-order valence-corrected chi connectivity index (χ0v) is 13.8. The normalized spacial score (nSPS) is 12.2. The van der Waals surface area contributed by atoms with Gasteiger partial charge in [-0.1, -0.05) is 46.6 Å². The SMILES string of the molecule is CCC(NC)c1ccc(Oc2cc(Br)ccc2Cl)cc1. The van der Waals surface area contributed by atoms with E-state index < -0.39 is 0 Å². The van der Waals surface area contributed by atoms with E-state index in [4.69, 9.17) is 16.3 Å². The zero-order valence-electron chi connectivity index (χ0n) is 11.5. The van der Waals surface area contributed by atoms with Gasteiger partial charge in [-0.3, -0.25) is 0 Å². The summed E-state index contributed by atoms with van der Waals surface area (Å²) in [6.07, 6.45) is 1.05. The molecule has 0 saturated carbocycles. The van der Waals surface area contributed by atoms with E-state index in [1.54, 1.807) is 0 Å². The summed E-state index contributed by atoms with van der Waals surface area (Å²) >= 11 is 9.53. The molecule has 1 unspecified atom stereocenters. The van der Waals surface area contributed by atoms with Crippen LogP contribution < -0.4 is 10.1 Å². The Morgan fingerprint density at radius 1 is 1.20 bits per heavy atom. The molecule has 2 aromatic carbocycles. The largest absolute Gasteiger partial charge is 0.456 e. The monoisotopic (exact) mass is 353 g/mol. The quantitative estimate of drug-likeness (QED) is 0.758. The van der Waals surface area contributed by atoms with E-state index in [0.29, 0.717) is 16.8 Å². The first-order chi connectivity index (χ1) is 9.63. The van der Waals surface area contributed by atoms with Crippen LogP contribution in [0.2, 0.25) is 5.02 Å². The maximum Gasteiger partial charge on any atom is 0.147 e. The van der Waals surface area contributed by atoms with Crippen LogP contribution in [-0.4, -0.2) is 7.05 Å². The molecule has 0 aliphatic heterocycles. The maximum atomic E-state index is 6.12. The molecule has 106 valence electrons. The van der Waals surface area contributed by atoms with Gasteiger partial charge < -0.3 is 10.1 Å². The van der Waals surface area contributed by atoms with Crippen LogP contribution in [0.25, 0.3) is 0 Å². The summed E-state index contributed by atoms with van der Waals surface area (Å²) in [6.45, 7) is 2.16. The molecule has 0 heterocycles. The summed E-state index contributed by atoms with van der Waals surface area (Å²) in [5.41, 5.74) is 1.25. The second-order valence-electron chi connectivity index (χ2n) is 4.50. The summed E-state index contributed by atoms with van der Waals surface area (Å²) in [7, 11) is 1.97. The van der Waals surface area contributed by atoms with Crippen molar-refractivity contribution in [2.24, 2.45) is 0 Å². The fourth-order valence-electron chi connectivity index (χ4n) is 2.06. The van der Waals surface area contributed by atoms with Gasteiger partial charge in [0.25, 0.3) is 0 Å². The predicted octanol–water partition coefficient (Wildman–Crippen LogP) is 5.57. The topological polar surface area (TPSA) is 21.3 Å². The zero-order chi connectivity index (χ0) is 14.5. The Labute approximate surface area is 133 Å². The minimum absolute atomic E-state index is 0.374. The Morgan fingerprint density at radius 3 is 2.50 bits per heavy atom. The molecule has 1 N–H and O–H groups in total. The van der Waals surface area contributed by atoms with Crippen LogP contribution in [0, 0.1) is 0 Å². The van der Waals surface area contributed by atoms with Crippen LogP contribution in [0.3, 0.4) is 0 Å². The Morgan fingerprint density at radius 2 is 1.90 bits per heavy atom. The molecule has 2 rings (SSSR count). The van der Waals surface area contributed by atoms with Gasteiger partial charge in [-0.15, -0.1) is 0 Å². The third-order valence-electron chi connectivity index (χ3n) is 3.16. The van der Waals surface area contributed by atoms with Crippen LogP contribution in [0.5, 0.6) is 11.5 Å². The first-order valence-corrected chi connectivity index (χ1v) is 7.71. The van der Waals surface area contributed by atoms with E-state index in [2.05, 4.69) is 40.3 Å². The fraction of sp³-hybridized carbons (Fsp3) is 0.250. The van der Waals surface area contributed by atoms with Crippen LogP contribution in [0.1, 0.15) is 24.9 Å². The minimum Gasteiger partial charge on any atom is -0.456 e. The van der Waals surface area contributed by atoms with Crippen molar-refractivity contribution in [1.82, 2.24) is 5.32 Å². The molecule has 0 aliphatic rings. The molecule has 4 heteroatoms. The van der Waals surface area contributed by atoms with Gasteiger partial charge in [-0.05, 0) is 49.4 Å². The molecular weight excluding hydrogens is 338 g/mol.